The van der Waals surface area contributed by atoms with E-state index in [1.54, 1.807) is 16.0 Å². The molecule has 1 atom stereocenters. The molecule has 1 saturated carbocycles. The van der Waals surface area contributed by atoms with E-state index in [2.05, 4.69) is 4.98 Å². The highest BCUT2D eigenvalue weighted by Gasteiger charge is 2.34. The van der Waals surface area contributed by atoms with Crippen molar-refractivity contribution in [1.82, 2.24) is 9.88 Å². The first kappa shape index (κ1) is 25.0. The molecule has 4 rings (SSSR count). The Kier molecular flexibility index (Phi) is 7.93. The number of pyridine rings is 1. The highest BCUT2D eigenvalue weighted by Crippen LogP contribution is 2.34. The molecule has 35 heavy (non-hydrogen) atoms. The quantitative estimate of drug-likeness (QED) is 0.481. The summed E-state index contributed by atoms with van der Waals surface area (Å²) in [5, 5.41) is 0. The third-order valence-electron chi connectivity index (χ3n) is 6.62. The minimum Gasteiger partial charge on any atom is -0.445 e. The van der Waals surface area contributed by atoms with E-state index in [-0.39, 0.29) is 30.9 Å². The molecule has 0 radical (unpaired) electrons. The molecule has 2 aliphatic rings. The van der Waals surface area contributed by atoms with E-state index in [1.807, 2.05) is 63.2 Å². The number of aromatic nitrogens is 1. The number of ether oxygens (including phenoxy) is 2. The van der Waals surface area contributed by atoms with Gasteiger partial charge < -0.3 is 14.4 Å². The summed E-state index contributed by atoms with van der Waals surface area (Å²) in [5.41, 5.74) is 1.34. The van der Waals surface area contributed by atoms with E-state index in [0.717, 1.165) is 49.7 Å². The molecule has 1 aromatic carbocycles. The van der Waals surface area contributed by atoms with Gasteiger partial charge in [0.25, 0.3) is 0 Å². The van der Waals surface area contributed by atoms with Crippen LogP contribution in [-0.2, 0) is 16.1 Å². The smallest absolute Gasteiger partial charge is 0.416 e. The Morgan fingerprint density at radius 3 is 2.40 bits per heavy atom. The van der Waals surface area contributed by atoms with Crippen LogP contribution >= 0.6 is 0 Å². The molecule has 1 aliphatic carbocycles. The molecule has 0 spiro atoms. The lowest BCUT2D eigenvalue weighted by Gasteiger charge is -2.35. The number of nitrogens with zero attached hydrogens (tertiary/aromatic N) is 3. The van der Waals surface area contributed by atoms with E-state index in [1.165, 1.54) is 6.42 Å². The van der Waals surface area contributed by atoms with Crippen LogP contribution in [0.3, 0.4) is 0 Å². The molecule has 2 amide bonds. The van der Waals surface area contributed by atoms with Crippen molar-refractivity contribution in [3.63, 3.8) is 0 Å². The second-order valence-electron chi connectivity index (χ2n) is 10.5. The fourth-order valence-electron chi connectivity index (χ4n) is 4.95. The van der Waals surface area contributed by atoms with E-state index in [4.69, 9.17) is 9.47 Å². The van der Waals surface area contributed by atoms with Gasteiger partial charge in [0.1, 0.15) is 18.0 Å². The lowest BCUT2D eigenvalue weighted by Crippen LogP contribution is -2.45. The second-order valence-corrected chi connectivity index (χ2v) is 10.5. The highest BCUT2D eigenvalue weighted by atomic mass is 16.6. The first-order chi connectivity index (χ1) is 16.8. The van der Waals surface area contributed by atoms with Crippen molar-refractivity contribution in [2.24, 2.45) is 0 Å². The second kappa shape index (κ2) is 11.1. The largest absolute Gasteiger partial charge is 0.445 e. The zero-order valence-electron chi connectivity index (χ0n) is 21.1. The third kappa shape index (κ3) is 6.53. The van der Waals surface area contributed by atoms with Gasteiger partial charge in [0.05, 0.1) is 6.04 Å². The van der Waals surface area contributed by atoms with Crippen molar-refractivity contribution < 1.29 is 19.1 Å². The van der Waals surface area contributed by atoms with Gasteiger partial charge in [-0.3, -0.25) is 4.90 Å². The maximum Gasteiger partial charge on any atom is 0.416 e. The van der Waals surface area contributed by atoms with Crippen molar-refractivity contribution in [3.05, 3.63) is 59.8 Å². The number of anilines is 1. The number of amides is 2. The molecule has 1 aromatic heterocycles. The summed E-state index contributed by atoms with van der Waals surface area (Å²) in [4.78, 5) is 34.1. The Bertz CT molecular complexity index is 982. The maximum absolute atomic E-state index is 13.1. The molecule has 2 aromatic rings. The summed E-state index contributed by atoms with van der Waals surface area (Å²) in [7, 11) is 0. The zero-order valence-corrected chi connectivity index (χ0v) is 21.1. The SMILES string of the molecule is CC(C)(C)OC(=O)N(c1ccc([C@@H]2CCCN2C(=O)OCc2ccccc2)cn1)C1CCCCC1. The van der Waals surface area contributed by atoms with Gasteiger partial charge in [0.15, 0.2) is 0 Å². The Balaban J connectivity index is 1.47. The summed E-state index contributed by atoms with van der Waals surface area (Å²) in [6.45, 7) is 6.56. The number of hydrogen-bond acceptors (Lipinski definition) is 5. The van der Waals surface area contributed by atoms with Gasteiger partial charge in [-0.2, -0.15) is 0 Å². The van der Waals surface area contributed by atoms with Crippen LogP contribution in [0.1, 0.15) is 82.9 Å². The molecule has 0 N–H and O–H groups in total. The van der Waals surface area contributed by atoms with Gasteiger partial charge in [0.2, 0.25) is 0 Å². The molecule has 2 heterocycles. The highest BCUT2D eigenvalue weighted by molar-refractivity contribution is 5.87. The van der Waals surface area contributed by atoms with Crippen LogP contribution in [0.25, 0.3) is 0 Å². The van der Waals surface area contributed by atoms with Crippen molar-refractivity contribution >= 4 is 18.0 Å². The van der Waals surface area contributed by atoms with Crippen LogP contribution in [0.15, 0.2) is 48.7 Å². The van der Waals surface area contributed by atoms with Crippen molar-refractivity contribution in [2.45, 2.75) is 90.0 Å². The van der Waals surface area contributed by atoms with Gasteiger partial charge in [-0.25, -0.2) is 14.6 Å². The third-order valence-corrected chi connectivity index (χ3v) is 6.62. The Labute approximate surface area is 208 Å². The average molecular weight is 480 g/mol. The molecule has 7 heteroatoms. The van der Waals surface area contributed by atoms with Crippen LogP contribution in [-0.4, -0.2) is 40.3 Å². The number of benzene rings is 1. The minimum absolute atomic E-state index is 0.0792. The Morgan fingerprint density at radius 1 is 1.00 bits per heavy atom. The molecule has 0 unspecified atom stereocenters. The average Bonchev–Trinajstić information content (AvgIpc) is 3.33. The van der Waals surface area contributed by atoms with Gasteiger partial charge in [-0.05, 0) is 63.6 Å². The lowest BCUT2D eigenvalue weighted by atomic mass is 9.94. The van der Waals surface area contributed by atoms with Crippen LogP contribution in [0.2, 0.25) is 0 Å². The number of hydrogen-bond donors (Lipinski definition) is 0. The predicted molar refractivity (Wildman–Crippen MR) is 135 cm³/mol. The van der Waals surface area contributed by atoms with E-state index < -0.39 is 5.60 Å². The summed E-state index contributed by atoms with van der Waals surface area (Å²) >= 11 is 0. The van der Waals surface area contributed by atoms with Crippen LogP contribution in [0, 0.1) is 0 Å². The standard InChI is InChI=1S/C28H37N3O4/c1-28(2,3)35-27(33)31(23-13-8-5-9-14-23)25-17-16-22(19-29-25)24-15-10-18-30(24)26(32)34-20-21-11-6-4-7-12-21/h4,6-7,11-12,16-17,19,23-24H,5,8-10,13-15,18,20H2,1-3H3/t24-/m0/s1. The zero-order chi connectivity index (χ0) is 24.8. The molecule has 2 fully saturated rings. The molecule has 7 nitrogen and oxygen atoms in total. The maximum atomic E-state index is 13.1. The fraction of sp³-hybridized carbons (Fsp3) is 0.536. The van der Waals surface area contributed by atoms with E-state index in [9.17, 15) is 9.59 Å². The van der Waals surface area contributed by atoms with Gasteiger partial charge in [-0.1, -0.05) is 55.7 Å². The predicted octanol–water partition coefficient (Wildman–Crippen LogP) is 6.63. The number of likely N-dealkylation sites (tertiary alicyclic amines) is 1. The van der Waals surface area contributed by atoms with E-state index >= 15 is 0 Å². The molecular weight excluding hydrogens is 442 g/mol. The van der Waals surface area contributed by atoms with Crippen LogP contribution < -0.4 is 4.90 Å². The molecular formula is C28H37N3O4. The number of carbonyl (C=O) groups is 2. The summed E-state index contributed by atoms with van der Waals surface area (Å²) in [5.74, 6) is 0.603. The van der Waals surface area contributed by atoms with Crippen LogP contribution in [0.4, 0.5) is 15.4 Å². The van der Waals surface area contributed by atoms with Gasteiger partial charge in [-0.15, -0.1) is 0 Å². The Hall–Kier alpha value is -3.09. The van der Waals surface area contributed by atoms with Crippen LogP contribution in [0.5, 0.6) is 0 Å². The lowest BCUT2D eigenvalue weighted by molar-refractivity contribution is 0.0556. The Morgan fingerprint density at radius 2 is 1.74 bits per heavy atom. The first-order valence-electron chi connectivity index (χ1n) is 12.8. The summed E-state index contributed by atoms with van der Waals surface area (Å²) in [6.07, 6.45) is 8.22. The topological polar surface area (TPSA) is 72.0 Å². The fourth-order valence-corrected chi connectivity index (χ4v) is 4.95. The first-order valence-corrected chi connectivity index (χ1v) is 12.8. The molecule has 188 valence electrons. The normalized spacial score (nSPS) is 18.8. The van der Waals surface area contributed by atoms with Crippen molar-refractivity contribution in [2.75, 3.05) is 11.4 Å². The van der Waals surface area contributed by atoms with Gasteiger partial charge in [0, 0.05) is 18.8 Å². The monoisotopic (exact) mass is 479 g/mol. The minimum atomic E-state index is -0.575. The molecule has 0 bridgehead atoms. The molecule has 1 saturated heterocycles. The molecule has 1 aliphatic heterocycles. The van der Waals surface area contributed by atoms with Crippen molar-refractivity contribution in [1.29, 1.82) is 0 Å². The van der Waals surface area contributed by atoms with Crippen molar-refractivity contribution in [3.8, 4) is 0 Å². The van der Waals surface area contributed by atoms with E-state index in [0.29, 0.717) is 12.4 Å². The van der Waals surface area contributed by atoms with Gasteiger partial charge >= 0.3 is 12.2 Å². The summed E-state index contributed by atoms with van der Waals surface area (Å²) < 4.78 is 11.3. The number of rotatable bonds is 5. The number of carbonyl (C=O) groups excluding carboxylic acids is 2. The summed E-state index contributed by atoms with van der Waals surface area (Å²) in [6, 6.07) is 13.6.